The fraction of sp³-hybridized carbons (Fsp3) is 0.273. The van der Waals surface area contributed by atoms with Crippen LogP contribution < -0.4 is 5.56 Å². The number of imide groups is 1. The number of amides is 2. The molecule has 1 aromatic heterocycles. The van der Waals surface area contributed by atoms with E-state index in [1.54, 1.807) is 16.7 Å². The van der Waals surface area contributed by atoms with Crippen molar-refractivity contribution in [1.29, 1.82) is 0 Å². The molecule has 0 aliphatic carbocycles. The summed E-state index contributed by atoms with van der Waals surface area (Å²) in [6, 6.07) is 14.9. The first-order valence-electron chi connectivity index (χ1n) is 9.66. The fourth-order valence-electron chi connectivity index (χ4n) is 3.57. The summed E-state index contributed by atoms with van der Waals surface area (Å²) in [4.78, 5) is 43.7. The maximum absolute atomic E-state index is 13.3. The molecule has 4 rings (SSSR count). The number of rotatable bonds is 5. The molecule has 0 unspecified atom stereocenters. The number of fused-ring (bicyclic) bond motifs is 1. The standard InChI is InChI=1S/C22H21N3O3S/c1-2-15-8-3-6-11-18(15)25-21(28)16-9-4-5-10-17(16)23-22(25)29-14-20(27)24-13-7-12-19(24)26/h3-6,8-11H,2,7,12-14H2,1H3. The van der Waals surface area contributed by atoms with E-state index < -0.39 is 0 Å². The van der Waals surface area contributed by atoms with Crippen molar-refractivity contribution in [2.24, 2.45) is 0 Å². The zero-order valence-corrected chi connectivity index (χ0v) is 16.9. The number of para-hydroxylation sites is 2. The van der Waals surface area contributed by atoms with Gasteiger partial charge in [-0.05, 0) is 36.6 Å². The Labute approximate surface area is 172 Å². The van der Waals surface area contributed by atoms with Gasteiger partial charge in [-0.2, -0.15) is 0 Å². The lowest BCUT2D eigenvalue weighted by Gasteiger charge is -2.17. The fourth-order valence-corrected chi connectivity index (χ4v) is 4.45. The normalized spacial score (nSPS) is 14.0. The largest absolute Gasteiger partial charge is 0.282 e. The van der Waals surface area contributed by atoms with Gasteiger partial charge < -0.3 is 0 Å². The molecule has 0 radical (unpaired) electrons. The summed E-state index contributed by atoms with van der Waals surface area (Å²) < 4.78 is 1.59. The summed E-state index contributed by atoms with van der Waals surface area (Å²) in [5.41, 5.74) is 2.22. The third-order valence-electron chi connectivity index (χ3n) is 5.06. The highest BCUT2D eigenvalue weighted by molar-refractivity contribution is 7.99. The summed E-state index contributed by atoms with van der Waals surface area (Å²) in [7, 11) is 0. The Morgan fingerprint density at radius 1 is 1.10 bits per heavy atom. The number of aryl methyl sites for hydroxylation is 1. The van der Waals surface area contributed by atoms with E-state index >= 15 is 0 Å². The van der Waals surface area contributed by atoms with Crippen LogP contribution in [0.3, 0.4) is 0 Å². The van der Waals surface area contributed by atoms with Crippen molar-refractivity contribution in [2.75, 3.05) is 12.3 Å². The molecule has 29 heavy (non-hydrogen) atoms. The molecule has 1 aliphatic rings. The predicted octanol–water partition coefficient (Wildman–Crippen LogP) is 3.19. The second-order valence-corrected chi connectivity index (χ2v) is 7.81. The van der Waals surface area contributed by atoms with E-state index in [-0.39, 0.29) is 23.1 Å². The number of aromatic nitrogens is 2. The Bertz CT molecular complexity index is 1160. The first-order chi connectivity index (χ1) is 14.1. The van der Waals surface area contributed by atoms with Gasteiger partial charge in [0.25, 0.3) is 5.56 Å². The smallest absolute Gasteiger partial charge is 0.266 e. The maximum Gasteiger partial charge on any atom is 0.266 e. The van der Waals surface area contributed by atoms with Crippen molar-refractivity contribution >= 4 is 34.5 Å². The molecule has 2 amide bonds. The molecule has 7 heteroatoms. The van der Waals surface area contributed by atoms with E-state index in [2.05, 4.69) is 4.98 Å². The lowest BCUT2D eigenvalue weighted by molar-refractivity contribution is -0.140. The van der Waals surface area contributed by atoms with E-state index in [0.717, 1.165) is 17.7 Å². The third kappa shape index (κ3) is 3.70. The van der Waals surface area contributed by atoms with Gasteiger partial charge in [-0.1, -0.05) is 49.0 Å². The molecule has 0 spiro atoms. The highest BCUT2D eigenvalue weighted by atomic mass is 32.2. The molecule has 6 nitrogen and oxygen atoms in total. The van der Waals surface area contributed by atoms with Crippen LogP contribution in [0.2, 0.25) is 0 Å². The van der Waals surface area contributed by atoms with Crippen molar-refractivity contribution in [3.8, 4) is 5.69 Å². The molecule has 0 saturated carbocycles. The van der Waals surface area contributed by atoms with Crippen LogP contribution in [0.1, 0.15) is 25.3 Å². The van der Waals surface area contributed by atoms with Gasteiger partial charge in [0.05, 0.1) is 22.3 Å². The van der Waals surface area contributed by atoms with Crippen LogP contribution in [0.4, 0.5) is 0 Å². The van der Waals surface area contributed by atoms with Crippen molar-refractivity contribution in [3.63, 3.8) is 0 Å². The molecule has 1 saturated heterocycles. The molecule has 0 atom stereocenters. The Morgan fingerprint density at radius 2 is 1.86 bits per heavy atom. The number of hydrogen-bond acceptors (Lipinski definition) is 5. The number of likely N-dealkylation sites (tertiary alicyclic amines) is 1. The molecule has 0 N–H and O–H groups in total. The van der Waals surface area contributed by atoms with Crippen LogP contribution in [0, 0.1) is 0 Å². The van der Waals surface area contributed by atoms with Crippen LogP contribution in [0.15, 0.2) is 58.5 Å². The number of hydrogen-bond donors (Lipinski definition) is 0. The van der Waals surface area contributed by atoms with Crippen molar-refractivity contribution in [2.45, 2.75) is 31.3 Å². The first kappa shape index (κ1) is 19.4. The molecule has 2 aromatic carbocycles. The topological polar surface area (TPSA) is 72.3 Å². The van der Waals surface area contributed by atoms with E-state index in [9.17, 15) is 14.4 Å². The van der Waals surface area contributed by atoms with E-state index in [1.165, 1.54) is 16.7 Å². The molecule has 1 fully saturated rings. The lowest BCUT2D eigenvalue weighted by Crippen LogP contribution is -2.33. The SMILES string of the molecule is CCc1ccccc1-n1c(SCC(=O)N2CCCC2=O)nc2ccccc2c1=O. The van der Waals surface area contributed by atoms with Crippen LogP contribution in [0.25, 0.3) is 16.6 Å². The Kier molecular flexibility index (Phi) is 5.49. The monoisotopic (exact) mass is 407 g/mol. The van der Waals surface area contributed by atoms with Gasteiger partial charge in [0, 0.05) is 13.0 Å². The molecule has 0 bridgehead atoms. The highest BCUT2D eigenvalue weighted by Gasteiger charge is 2.27. The van der Waals surface area contributed by atoms with Gasteiger partial charge in [-0.15, -0.1) is 0 Å². The third-order valence-corrected chi connectivity index (χ3v) is 5.98. The van der Waals surface area contributed by atoms with Gasteiger partial charge in [0.15, 0.2) is 5.16 Å². The van der Waals surface area contributed by atoms with E-state index in [4.69, 9.17) is 0 Å². The number of benzene rings is 2. The molecule has 1 aliphatic heterocycles. The minimum atomic E-state index is -0.241. The van der Waals surface area contributed by atoms with Crippen molar-refractivity contribution < 1.29 is 9.59 Å². The molecule has 148 valence electrons. The second-order valence-electron chi connectivity index (χ2n) is 6.87. The van der Waals surface area contributed by atoms with Gasteiger partial charge in [0.2, 0.25) is 11.8 Å². The quantitative estimate of drug-likeness (QED) is 0.480. The molecular formula is C22H21N3O3S. The number of carbonyl (C=O) groups is 2. The number of thioether (sulfide) groups is 1. The number of carbonyl (C=O) groups excluding carboxylic acids is 2. The van der Waals surface area contributed by atoms with Crippen molar-refractivity contribution in [1.82, 2.24) is 14.5 Å². The summed E-state index contributed by atoms with van der Waals surface area (Å²) in [5.74, 6) is -0.309. The molecule has 3 aromatic rings. The Balaban J connectivity index is 1.78. The first-order valence-corrected chi connectivity index (χ1v) is 10.6. The lowest BCUT2D eigenvalue weighted by atomic mass is 10.1. The minimum Gasteiger partial charge on any atom is -0.282 e. The predicted molar refractivity (Wildman–Crippen MR) is 113 cm³/mol. The highest BCUT2D eigenvalue weighted by Crippen LogP contribution is 2.24. The van der Waals surface area contributed by atoms with Crippen molar-refractivity contribution in [3.05, 3.63) is 64.4 Å². The number of nitrogens with zero attached hydrogens (tertiary/aromatic N) is 3. The van der Waals surface area contributed by atoms with Gasteiger partial charge in [0.1, 0.15) is 0 Å². The van der Waals surface area contributed by atoms with Crippen LogP contribution in [-0.2, 0) is 16.0 Å². The van der Waals surface area contributed by atoms with E-state index in [0.29, 0.717) is 35.4 Å². The molecular weight excluding hydrogens is 386 g/mol. The van der Waals surface area contributed by atoms with E-state index in [1.807, 2.05) is 43.3 Å². The minimum absolute atomic E-state index is 0.0603. The summed E-state index contributed by atoms with van der Waals surface area (Å²) in [6.07, 6.45) is 1.89. The van der Waals surface area contributed by atoms with Gasteiger partial charge >= 0.3 is 0 Å². The van der Waals surface area contributed by atoms with Crippen LogP contribution in [0.5, 0.6) is 0 Å². The second kappa shape index (κ2) is 8.21. The average molecular weight is 407 g/mol. The van der Waals surface area contributed by atoms with Crippen LogP contribution >= 0.6 is 11.8 Å². The zero-order valence-electron chi connectivity index (χ0n) is 16.1. The Hall–Kier alpha value is -2.93. The average Bonchev–Trinajstić information content (AvgIpc) is 3.18. The van der Waals surface area contributed by atoms with Gasteiger partial charge in [-0.3, -0.25) is 23.9 Å². The summed E-state index contributed by atoms with van der Waals surface area (Å²) >= 11 is 1.20. The molecule has 2 heterocycles. The summed E-state index contributed by atoms with van der Waals surface area (Å²) in [5, 5.41) is 0.985. The zero-order chi connectivity index (χ0) is 20.4. The Morgan fingerprint density at radius 3 is 2.62 bits per heavy atom. The maximum atomic E-state index is 13.3. The van der Waals surface area contributed by atoms with Gasteiger partial charge in [-0.25, -0.2) is 4.98 Å². The summed E-state index contributed by atoms with van der Waals surface area (Å²) in [6.45, 7) is 2.50. The van der Waals surface area contributed by atoms with Crippen LogP contribution in [-0.4, -0.2) is 38.6 Å².